The molecule has 5 rings (SSSR count). The maximum absolute atomic E-state index is 14.6. The third kappa shape index (κ3) is 5.74. The number of nitrogens with one attached hydrogen (secondary N) is 1. The highest BCUT2D eigenvalue weighted by Gasteiger charge is 2.56. The molecule has 1 amide bonds. The maximum atomic E-state index is 14.6. The van der Waals surface area contributed by atoms with E-state index in [1.165, 1.54) is 28.9 Å². The molecule has 41 heavy (non-hydrogen) atoms. The molecule has 10 nitrogen and oxygen atoms in total. The number of hydrogen-bond donors (Lipinski definition) is 2. The second-order valence-corrected chi connectivity index (χ2v) is 14.0. The van der Waals surface area contributed by atoms with Crippen LogP contribution in [-0.4, -0.2) is 58.6 Å². The highest BCUT2D eigenvalue weighted by atomic mass is 32.2. The number of carbonyl (C=O) groups excluding carboxylic acids is 1. The zero-order chi connectivity index (χ0) is 29.8. The van der Waals surface area contributed by atoms with E-state index < -0.39 is 27.0 Å². The van der Waals surface area contributed by atoms with Crippen LogP contribution in [0.2, 0.25) is 0 Å². The van der Waals surface area contributed by atoms with Gasteiger partial charge in [0.15, 0.2) is 5.82 Å². The maximum Gasteiger partial charge on any atom is 0.268 e. The standard InChI is InChI=1S/C29H36FN5O5S/c1-19-16-27(2,3)34(17-19)25-22(26(37)33-41(38,39)21-8-6-7-20(36)15-21)9-10-23(31-25)35-14-11-24(32-35)40-18-29(12-13-29)28(4,5)30/h6-11,14-15,19,36H,12-13,16-18H2,1-5H3,(H,33,37)/t19-/m0/s1. The van der Waals surface area contributed by atoms with Crippen molar-refractivity contribution in [1.82, 2.24) is 19.5 Å². The number of pyridine rings is 1. The van der Waals surface area contributed by atoms with Gasteiger partial charge in [-0.15, -0.1) is 5.10 Å². The van der Waals surface area contributed by atoms with Crippen LogP contribution in [-0.2, 0) is 10.0 Å². The number of aromatic nitrogens is 3. The molecule has 1 aliphatic carbocycles. The lowest BCUT2D eigenvalue weighted by molar-refractivity contribution is 0.0602. The topological polar surface area (TPSA) is 127 Å². The first-order chi connectivity index (χ1) is 19.1. The molecule has 12 heteroatoms. The SMILES string of the molecule is C[C@@H]1CN(c2nc(-n3ccc(OCC4(C(C)(C)F)CC4)n3)ccc2C(=O)NS(=O)(=O)c2cccc(O)c2)C(C)(C)C1. The van der Waals surface area contributed by atoms with Crippen molar-refractivity contribution in [2.45, 2.75) is 70.0 Å². The highest BCUT2D eigenvalue weighted by molar-refractivity contribution is 7.90. The third-order valence-electron chi connectivity index (χ3n) is 8.20. The molecule has 0 spiro atoms. The number of amides is 1. The summed E-state index contributed by atoms with van der Waals surface area (Å²) >= 11 is 0. The van der Waals surface area contributed by atoms with Gasteiger partial charge in [-0.3, -0.25) is 4.79 Å². The van der Waals surface area contributed by atoms with Gasteiger partial charge in [0.1, 0.15) is 17.2 Å². The van der Waals surface area contributed by atoms with Gasteiger partial charge in [0.25, 0.3) is 15.9 Å². The predicted molar refractivity (Wildman–Crippen MR) is 152 cm³/mol. The molecule has 2 N–H and O–H groups in total. The first-order valence-electron chi connectivity index (χ1n) is 13.6. The molecule has 3 heterocycles. The minimum atomic E-state index is -4.26. The number of aromatic hydroxyl groups is 1. The van der Waals surface area contributed by atoms with Gasteiger partial charge in [-0.25, -0.2) is 27.2 Å². The lowest BCUT2D eigenvalue weighted by Crippen LogP contribution is -2.41. The molecule has 1 saturated carbocycles. The van der Waals surface area contributed by atoms with Crippen LogP contribution < -0.4 is 14.4 Å². The van der Waals surface area contributed by atoms with Gasteiger partial charge in [0.2, 0.25) is 5.88 Å². The fourth-order valence-corrected chi connectivity index (χ4v) is 6.59. The molecule has 1 atom stereocenters. The number of phenols is 1. The van der Waals surface area contributed by atoms with E-state index >= 15 is 0 Å². The lowest BCUT2D eigenvalue weighted by Gasteiger charge is -2.34. The molecule has 0 radical (unpaired) electrons. The van der Waals surface area contributed by atoms with Crippen LogP contribution >= 0.6 is 0 Å². The van der Waals surface area contributed by atoms with Crippen molar-refractivity contribution in [2.75, 3.05) is 18.1 Å². The van der Waals surface area contributed by atoms with Crippen LogP contribution in [0, 0.1) is 11.3 Å². The second-order valence-electron chi connectivity index (χ2n) is 12.3. The smallest absolute Gasteiger partial charge is 0.268 e. The van der Waals surface area contributed by atoms with Crippen molar-refractivity contribution >= 4 is 21.7 Å². The number of anilines is 1. The number of benzene rings is 1. The van der Waals surface area contributed by atoms with Gasteiger partial charge in [-0.05, 0) is 77.1 Å². The van der Waals surface area contributed by atoms with Crippen molar-refractivity contribution < 1.29 is 27.4 Å². The summed E-state index contributed by atoms with van der Waals surface area (Å²) in [6.07, 6.45) is 4.05. The number of ether oxygens (including phenoxy) is 1. The van der Waals surface area contributed by atoms with Crippen molar-refractivity contribution in [3.63, 3.8) is 0 Å². The average molecular weight is 586 g/mol. The predicted octanol–water partition coefficient (Wildman–Crippen LogP) is 4.62. The largest absolute Gasteiger partial charge is 0.508 e. The Hall–Kier alpha value is -3.67. The Morgan fingerprint density at radius 2 is 1.95 bits per heavy atom. The number of nitrogens with zero attached hydrogens (tertiary/aromatic N) is 4. The first-order valence-corrected chi connectivity index (χ1v) is 15.1. The van der Waals surface area contributed by atoms with E-state index in [0.29, 0.717) is 30.0 Å². The Kier molecular flexibility index (Phi) is 7.04. The van der Waals surface area contributed by atoms with Crippen LogP contribution in [0.4, 0.5) is 10.2 Å². The Morgan fingerprint density at radius 1 is 1.22 bits per heavy atom. The fourth-order valence-electron chi connectivity index (χ4n) is 5.58. The monoisotopic (exact) mass is 585 g/mol. The third-order valence-corrected chi connectivity index (χ3v) is 9.53. The van der Waals surface area contributed by atoms with Crippen molar-refractivity contribution in [3.05, 3.63) is 54.2 Å². The Balaban J connectivity index is 1.45. The van der Waals surface area contributed by atoms with Gasteiger partial charge in [-0.2, -0.15) is 0 Å². The van der Waals surface area contributed by atoms with Gasteiger partial charge in [0.05, 0.1) is 17.1 Å². The average Bonchev–Trinajstić information content (AvgIpc) is 3.45. The van der Waals surface area contributed by atoms with Crippen molar-refractivity contribution in [1.29, 1.82) is 0 Å². The van der Waals surface area contributed by atoms with E-state index in [-0.39, 0.29) is 28.4 Å². The van der Waals surface area contributed by atoms with E-state index in [2.05, 4.69) is 30.6 Å². The minimum absolute atomic E-state index is 0.0872. The summed E-state index contributed by atoms with van der Waals surface area (Å²) in [5.41, 5.74) is -2.12. The lowest BCUT2D eigenvalue weighted by atomic mass is 9.90. The fraction of sp³-hybridized carbons (Fsp3) is 0.483. The Labute approximate surface area is 239 Å². The van der Waals surface area contributed by atoms with Crippen LogP contribution in [0.25, 0.3) is 5.82 Å². The zero-order valence-electron chi connectivity index (χ0n) is 23.9. The molecule has 220 valence electrons. The number of sulfonamides is 1. The van der Waals surface area contributed by atoms with Crippen LogP contribution in [0.15, 0.2) is 53.6 Å². The number of halogens is 1. The van der Waals surface area contributed by atoms with E-state index in [1.54, 1.807) is 32.2 Å². The Morgan fingerprint density at radius 3 is 2.56 bits per heavy atom. The molecule has 0 bridgehead atoms. The molecular formula is C29H36FN5O5S. The molecule has 0 unspecified atom stereocenters. The first kappa shape index (κ1) is 28.8. The summed E-state index contributed by atoms with van der Waals surface area (Å²) in [4.78, 5) is 20.0. The summed E-state index contributed by atoms with van der Waals surface area (Å²) < 4.78 is 50.0. The molecule has 2 fully saturated rings. The number of hydrogen-bond acceptors (Lipinski definition) is 8. The number of phenolic OH excluding ortho intramolecular Hbond substituents is 1. The highest BCUT2D eigenvalue weighted by Crippen LogP contribution is 2.55. The molecule has 3 aromatic rings. The molecule has 1 saturated heterocycles. The molecule has 1 aliphatic heterocycles. The quantitative estimate of drug-likeness (QED) is 0.373. The summed E-state index contributed by atoms with van der Waals surface area (Å²) in [5.74, 6) is 0.313. The Bertz CT molecular complexity index is 1580. The molecule has 2 aromatic heterocycles. The van der Waals surface area contributed by atoms with E-state index in [0.717, 1.165) is 25.3 Å². The molecule has 1 aromatic carbocycles. The summed E-state index contributed by atoms with van der Waals surface area (Å²) in [7, 11) is -4.26. The summed E-state index contributed by atoms with van der Waals surface area (Å²) in [6, 6.07) is 9.87. The van der Waals surface area contributed by atoms with Crippen molar-refractivity contribution in [2.24, 2.45) is 11.3 Å². The molecular weight excluding hydrogens is 549 g/mol. The minimum Gasteiger partial charge on any atom is -0.508 e. The van der Waals surface area contributed by atoms with Gasteiger partial charge < -0.3 is 14.7 Å². The number of alkyl halides is 1. The summed E-state index contributed by atoms with van der Waals surface area (Å²) in [6.45, 7) is 10.2. The normalized spacial score (nSPS) is 19.7. The summed E-state index contributed by atoms with van der Waals surface area (Å²) in [5, 5.41) is 14.2. The van der Waals surface area contributed by atoms with Crippen LogP contribution in [0.1, 0.15) is 64.2 Å². The second kappa shape index (κ2) is 10.0. The molecule has 2 aliphatic rings. The van der Waals surface area contributed by atoms with E-state index in [4.69, 9.17) is 9.72 Å². The zero-order valence-corrected chi connectivity index (χ0v) is 24.7. The number of rotatable bonds is 9. The van der Waals surface area contributed by atoms with Crippen LogP contribution in [0.5, 0.6) is 11.6 Å². The van der Waals surface area contributed by atoms with E-state index in [9.17, 15) is 22.7 Å². The number of carbonyl (C=O) groups is 1. The van der Waals surface area contributed by atoms with Gasteiger partial charge >= 0.3 is 0 Å². The van der Waals surface area contributed by atoms with Gasteiger partial charge in [0, 0.05) is 35.8 Å². The van der Waals surface area contributed by atoms with Crippen LogP contribution in [0.3, 0.4) is 0 Å². The van der Waals surface area contributed by atoms with Gasteiger partial charge in [-0.1, -0.05) is 13.0 Å². The van der Waals surface area contributed by atoms with Crippen molar-refractivity contribution in [3.8, 4) is 17.4 Å². The van der Waals surface area contributed by atoms with E-state index in [1.807, 2.05) is 4.90 Å².